The van der Waals surface area contributed by atoms with Crippen LogP contribution in [0.15, 0.2) is 23.2 Å². The Morgan fingerprint density at radius 2 is 2.14 bits per heavy atom. The van der Waals surface area contributed by atoms with Crippen LogP contribution in [-0.4, -0.2) is 39.9 Å². The van der Waals surface area contributed by atoms with Gasteiger partial charge in [0.15, 0.2) is 5.96 Å². The number of aliphatic imine (C=N–C) groups is 1. The van der Waals surface area contributed by atoms with Crippen molar-refractivity contribution in [2.45, 2.75) is 26.3 Å². The number of methoxy groups -OCH3 is 1. The Morgan fingerprint density at radius 1 is 1.32 bits per heavy atom. The van der Waals surface area contributed by atoms with Gasteiger partial charge < -0.3 is 20.1 Å². The van der Waals surface area contributed by atoms with Crippen molar-refractivity contribution in [2.24, 2.45) is 10.9 Å². The van der Waals surface area contributed by atoms with Gasteiger partial charge in [-0.05, 0) is 37.3 Å². The lowest BCUT2D eigenvalue weighted by Crippen LogP contribution is -2.38. The van der Waals surface area contributed by atoms with Crippen LogP contribution in [0, 0.1) is 12.8 Å². The minimum absolute atomic E-state index is 0.654. The van der Waals surface area contributed by atoms with Gasteiger partial charge >= 0.3 is 0 Å². The van der Waals surface area contributed by atoms with Gasteiger partial charge in [-0.1, -0.05) is 12.1 Å². The number of hydrogen-bond donors (Lipinski definition) is 2. The van der Waals surface area contributed by atoms with Crippen LogP contribution >= 0.6 is 0 Å². The maximum atomic E-state index is 5.99. The Morgan fingerprint density at radius 3 is 2.82 bits per heavy atom. The molecule has 0 radical (unpaired) electrons. The zero-order valence-corrected chi connectivity index (χ0v) is 13.8. The van der Waals surface area contributed by atoms with E-state index in [1.54, 1.807) is 14.2 Å². The molecule has 1 saturated carbocycles. The van der Waals surface area contributed by atoms with Crippen LogP contribution in [0.2, 0.25) is 0 Å². The van der Waals surface area contributed by atoms with Crippen LogP contribution in [0.4, 0.5) is 0 Å². The van der Waals surface area contributed by atoms with E-state index >= 15 is 0 Å². The maximum absolute atomic E-state index is 5.99. The Hall–Kier alpha value is -1.75. The Balaban J connectivity index is 1.89. The van der Waals surface area contributed by atoms with Gasteiger partial charge in [0.05, 0.1) is 13.2 Å². The molecule has 0 unspecified atom stereocenters. The summed E-state index contributed by atoms with van der Waals surface area (Å²) in [5.41, 5.74) is 2.37. The third-order valence-corrected chi connectivity index (χ3v) is 3.66. The first-order valence-electron chi connectivity index (χ1n) is 7.88. The van der Waals surface area contributed by atoms with Crippen LogP contribution in [0.25, 0.3) is 0 Å². The fourth-order valence-corrected chi connectivity index (χ4v) is 2.11. The summed E-state index contributed by atoms with van der Waals surface area (Å²) in [6.07, 6.45) is 2.60. The lowest BCUT2D eigenvalue weighted by Gasteiger charge is -2.15. The summed E-state index contributed by atoms with van der Waals surface area (Å²) in [5.74, 6) is 2.50. The van der Waals surface area contributed by atoms with Crippen molar-refractivity contribution in [1.29, 1.82) is 0 Å². The largest absolute Gasteiger partial charge is 0.493 e. The summed E-state index contributed by atoms with van der Waals surface area (Å²) in [6, 6.07) is 6.34. The molecule has 1 aromatic carbocycles. The molecule has 0 aromatic heterocycles. The summed E-state index contributed by atoms with van der Waals surface area (Å²) < 4.78 is 11.0. The maximum Gasteiger partial charge on any atom is 0.191 e. The smallest absolute Gasteiger partial charge is 0.191 e. The Labute approximate surface area is 133 Å². The van der Waals surface area contributed by atoms with E-state index in [1.807, 2.05) is 0 Å². The van der Waals surface area contributed by atoms with E-state index in [-0.39, 0.29) is 0 Å². The average molecular weight is 305 g/mol. The predicted molar refractivity (Wildman–Crippen MR) is 89.5 cm³/mol. The molecule has 0 bridgehead atoms. The molecular formula is C17H27N3O2. The molecule has 1 aliphatic carbocycles. The molecule has 0 atom stereocenters. The van der Waals surface area contributed by atoms with Crippen LogP contribution < -0.4 is 15.4 Å². The highest BCUT2D eigenvalue weighted by Crippen LogP contribution is 2.30. The van der Waals surface area contributed by atoms with Crippen molar-refractivity contribution in [3.8, 4) is 5.75 Å². The van der Waals surface area contributed by atoms with E-state index in [0.29, 0.717) is 13.2 Å². The molecule has 5 nitrogen and oxygen atoms in total. The first-order valence-corrected chi connectivity index (χ1v) is 7.88. The number of ether oxygens (including phenoxy) is 2. The van der Waals surface area contributed by atoms with Gasteiger partial charge in [-0.2, -0.15) is 0 Å². The average Bonchev–Trinajstić information content (AvgIpc) is 3.34. The second-order valence-electron chi connectivity index (χ2n) is 5.71. The molecule has 0 amide bonds. The van der Waals surface area contributed by atoms with Gasteiger partial charge in [0.25, 0.3) is 0 Å². The molecule has 0 saturated heterocycles. The van der Waals surface area contributed by atoms with Gasteiger partial charge in [-0.3, -0.25) is 4.99 Å². The van der Waals surface area contributed by atoms with Gasteiger partial charge in [0.2, 0.25) is 0 Å². The van der Waals surface area contributed by atoms with Crippen molar-refractivity contribution in [3.05, 3.63) is 29.3 Å². The highest BCUT2D eigenvalue weighted by molar-refractivity contribution is 5.79. The normalized spacial score (nSPS) is 14.8. The number of hydrogen-bond acceptors (Lipinski definition) is 3. The number of nitrogens with zero attached hydrogens (tertiary/aromatic N) is 1. The zero-order chi connectivity index (χ0) is 15.8. The van der Waals surface area contributed by atoms with E-state index in [9.17, 15) is 0 Å². The highest BCUT2D eigenvalue weighted by Gasteiger charge is 2.22. The summed E-state index contributed by atoms with van der Waals surface area (Å²) in [6.45, 7) is 4.99. The number of benzene rings is 1. The Kier molecular flexibility index (Phi) is 6.52. The predicted octanol–water partition coefficient (Wildman–Crippen LogP) is 2.10. The molecule has 0 aliphatic heterocycles. The van der Waals surface area contributed by atoms with Gasteiger partial charge in [0, 0.05) is 32.8 Å². The number of guanidine groups is 1. The molecule has 1 fully saturated rings. The fraction of sp³-hybridized carbons (Fsp3) is 0.588. The number of rotatable bonds is 8. The third kappa shape index (κ3) is 5.56. The van der Waals surface area contributed by atoms with Crippen molar-refractivity contribution in [1.82, 2.24) is 10.6 Å². The summed E-state index contributed by atoms with van der Waals surface area (Å²) in [5, 5.41) is 6.52. The standard InChI is InChI=1S/C17H27N3O2/c1-13-4-7-15(16(10-13)22-12-14-5-6-14)11-20-17(18-2)19-8-9-21-3/h4,7,10,14H,5-6,8-9,11-12H2,1-3H3,(H2,18,19,20). The van der Waals surface area contributed by atoms with Crippen molar-refractivity contribution in [3.63, 3.8) is 0 Å². The molecular weight excluding hydrogens is 278 g/mol. The van der Waals surface area contributed by atoms with Crippen molar-refractivity contribution < 1.29 is 9.47 Å². The first-order chi connectivity index (χ1) is 10.7. The minimum Gasteiger partial charge on any atom is -0.493 e. The monoisotopic (exact) mass is 305 g/mol. The van der Waals surface area contributed by atoms with Gasteiger partial charge in [-0.25, -0.2) is 0 Å². The van der Waals surface area contributed by atoms with Crippen molar-refractivity contribution >= 4 is 5.96 Å². The van der Waals surface area contributed by atoms with E-state index in [2.05, 4.69) is 40.7 Å². The van der Waals surface area contributed by atoms with Gasteiger partial charge in [-0.15, -0.1) is 0 Å². The first kappa shape index (κ1) is 16.6. The van der Waals surface area contributed by atoms with Crippen molar-refractivity contribution in [2.75, 3.05) is 33.9 Å². The van der Waals surface area contributed by atoms with Gasteiger partial charge in [0.1, 0.15) is 5.75 Å². The summed E-state index contributed by atoms with van der Waals surface area (Å²) in [4.78, 5) is 4.20. The minimum atomic E-state index is 0.654. The lowest BCUT2D eigenvalue weighted by atomic mass is 10.1. The topological polar surface area (TPSA) is 54.9 Å². The van der Waals surface area contributed by atoms with Crippen LogP contribution in [0.1, 0.15) is 24.0 Å². The molecule has 2 N–H and O–H groups in total. The van der Waals surface area contributed by atoms with E-state index in [0.717, 1.165) is 36.3 Å². The molecule has 22 heavy (non-hydrogen) atoms. The molecule has 122 valence electrons. The quantitative estimate of drug-likeness (QED) is 0.439. The number of nitrogens with one attached hydrogen (secondary N) is 2. The molecule has 1 aliphatic rings. The second kappa shape index (κ2) is 8.63. The SMILES string of the molecule is CN=C(NCCOC)NCc1ccc(C)cc1OCC1CC1. The van der Waals surface area contributed by atoms with Crippen LogP contribution in [-0.2, 0) is 11.3 Å². The zero-order valence-electron chi connectivity index (χ0n) is 13.8. The van der Waals surface area contributed by atoms with Crippen LogP contribution in [0.5, 0.6) is 5.75 Å². The van der Waals surface area contributed by atoms with Crippen LogP contribution in [0.3, 0.4) is 0 Å². The molecule has 0 heterocycles. The summed E-state index contributed by atoms with van der Waals surface area (Å²) in [7, 11) is 3.45. The lowest BCUT2D eigenvalue weighted by molar-refractivity contribution is 0.203. The van der Waals surface area contributed by atoms with E-state index < -0.39 is 0 Å². The number of aryl methyl sites for hydroxylation is 1. The molecule has 0 spiro atoms. The molecule has 1 aromatic rings. The molecule has 2 rings (SSSR count). The highest BCUT2D eigenvalue weighted by atomic mass is 16.5. The van der Waals surface area contributed by atoms with E-state index in [4.69, 9.17) is 9.47 Å². The molecule has 5 heteroatoms. The van der Waals surface area contributed by atoms with E-state index in [1.165, 1.54) is 18.4 Å². The third-order valence-electron chi connectivity index (χ3n) is 3.66. The second-order valence-corrected chi connectivity index (χ2v) is 5.71. The summed E-state index contributed by atoms with van der Waals surface area (Å²) >= 11 is 0. The fourth-order valence-electron chi connectivity index (χ4n) is 2.11. The Bertz CT molecular complexity index is 499.